The Balaban J connectivity index is 1.81. The van der Waals surface area contributed by atoms with Gasteiger partial charge in [-0.05, 0) is 36.8 Å². The molecule has 3 heterocycles. The van der Waals surface area contributed by atoms with Crippen LogP contribution in [-0.4, -0.2) is 18.9 Å². The van der Waals surface area contributed by atoms with Crippen LogP contribution in [0.1, 0.15) is 11.3 Å². The van der Waals surface area contributed by atoms with Gasteiger partial charge in [-0.3, -0.25) is 18.6 Å². The number of pyridine rings is 1. The van der Waals surface area contributed by atoms with Crippen LogP contribution < -0.4 is 11.1 Å². The van der Waals surface area contributed by atoms with Crippen LogP contribution in [-0.2, 0) is 6.54 Å². The van der Waals surface area contributed by atoms with Crippen LogP contribution in [0.25, 0.3) is 16.6 Å². The second-order valence-electron chi connectivity index (χ2n) is 5.86. The highest BCUT2D eigenvalue weighted by Gasteiger charge is 2.08. The van der Waals surface area contributed by atoms with E-state index >= 15 is 0 Å². The average molecular weight is 353 g/mol. The molecule has 7 heteroatoms. The molecule has 0 bridgehead atoms. The highest BCUT2D eigenvalue weighted by molar-refractivity contribution is 6.31. The minimum atomic E-state index is -0.201. The number of aryl methyl sites for hydroxylation is 1. The van der Waals surface area contributed by atoms with E-state index in [1.54, 1.807) is 30.5 Å². The van der Waals surface area contributed by atoms with Gasteiger partial charge in [0.15, 0.2) is 0 Å². The molecule has 3 aromatic heterocycles. The van der Waals surface area contributed by atoms with Crippen molar-refractivity contribution < 1.29 is 0 Å². The predicted molar refractivity (Wildman–Crippen MR) is 96.3 cm³/mol. The number of hydrogen-bond donors (Lipinski definition) is 0. The maximum Gasteiger partial charge on any atom is 0.261 e. The molecule has 124 valence electrons. The topological polar surface area (TPSA) is 69.3 Å². The summed E-state index contributed by atoms with van der Waals surface area (Å²) in [4.78, 5) is 33.6. The van der Waals surface area contributed by atoms with Crippen LogP contribution >= 0.6 is 11.6 Å². The maximum atomic E-state index is 12.6. The van der Waals surface area contributed by atoms with Crippen molar-refractivity contribution in [3.8, 4) is 0 Å². The van der Waals surface area contributed by atoms with Crippen molar-refractivity contribution in [2.45, 2.75) is 13.5 Å². The minimum Gasteiger partial charge on any atom is -0.293 e. The first kappa shape index (κ1) is 15.5. The van der Waals surface area contributed by atoms with E-state index in [1.165, 1.54) is 21.4 Å². The van der Waals surface area contributed by atoms with Crippen molar-refractivity contribution in [1.82, 2.24) is 18.9 Å². The van der Waals surface area contributed by atoms with E-state index in [1.807, 2.05) is 13.0 Å². The molecule has 0 N–H and O–H groups in total. The number of nitrogens with zero attached hydrogens (tertiary/aromatic N) is 4. The first-order valence-electron chi connectivity index (χ1n) is 7.65. The Hall–Kier alpha value is -2.99. The molecule has 0 aliphatic rings. The van der Waals surface area contributed by atoms with Crippen LogP contribution in [0.15, 0.2) is 58.5 Å². The van der Waals surface area contributed by atoms with Gasteiger partial charge in [0.25, 0.3) is 11.1 Å². The van der Waals surface area contributed by atoms with Gasteiger partial charge >= 0.3 is 0 Å². The van der Waals surface area contributed by atoms with E-state index in [0.29, 0.717) is 27.3 Å². The Kier molecular flexibility index (Phi) is 3.62. The van der Waals surface area contributed by atoms with Gasteiger partial charge in [0.2, 0.25) is 0 Å². The van der Waals surface area contributed by atoms with E-state index in [2.05, 4.69) is 9.97 Å². The monoisotopic (exact) mass is 352 g/mol. The highest BCUT2D eigenvalue weighted by atomic mass is 35.5. The summed E-state index contributed by atoms with van der Waals surface area (Å²) >= 11 is 5.93. The van der Waals surface area contributed by atoms with Crippen molar-refractivity contribution in [3.63, 3.8) is 0 Å². The molecule has 0 unspecified atom stereocenters. The van der Waals surface area contributed by atoms with E-state index < -0.39 is 0 Å². The lowest BCUT2D eigenvalue weighted by Crippen LogP contribution is -2.23. The highest BCUT2D eigenvalue weighted by Crippen LogP contribution is 2.14. The average Bonchev–Trinajstić information content (AvgIpc) is 2.58. The first-order valence-corrected chi connectivity index (χ1v) is 8.03. The smallest absolute Gasteiger partial charge is 0.261 e. The zero-order valence-electron chi connectivity index (χ0n) is 13.3. The molecule has 0 saturated carbocycles. The van der Waals surface area contributed by atoms with Gasteiger partial charge in [-0.15, -0.1) is 0 Å². The van der Waals surface area contributed by atoms with Gasteiger partial charge < -0.3 is 0 Å². The summed E-state index contributed by atoms with van der Waals surface area (Å²) in [6, 6.07) is 10.1. The molecular weight excluding hydrogens is 340 g/mol. The summed E-state index contributed by atoms with van der Waals surface area (Å²) in [6.07, 6.45) is 3.18. The molecule has 25 heavy (non-hydrogen) atoms. The van der Waals surface area contributed by atoms with Crippen molar-refractivity contribution in [2.24, 2.45) is 0 Å². The van der Waals surface area contributed by atoms with Gasteiger partial charge in [0.05, 0.1) is 29.5 Å². The Morgan fingerprint density at radius 1 is 1.12 bits per heavy atom. The summed E-state index contributed by atoms with van der Waals surface area (Å²) < 4.78 is 2.92. The standard InChI is InChI=1S/C18H13ClN4O2/c1-11-2-5-16-21-13(7-17(24)23(16)8-11)9-22-10-20-15-6-12(19)3-4-14(15)18(22)25/h2-8,10H,9H2,1H3. The number of benzene rings is 1. The fourth-order valence-corrected chi connectivity index (χ4v) is 2.92. The molecular formula is C18H13ClN4O2. The SMILES string of the molecule is Cc1ccc2nc(Cn3cnc4cc(Cl)ccc4c3=O)cc(=O)n2c1. The maximum absolute atomic E-state index is 12.6. The lowest BCUT2D eigenvalue weighted by Gasteiger charge is -2.08. The zero-order chi connectivity index (χ0) is 17.6. The van der Waals surface area contributed by atoms with Gasteiger partial charge in [-0.25, -0.2) is 9.97 Å². The molecule has 6 nitrogen and oxygen atoms in total. The van der Waals surface area contributed by atoms with E-state index in [0.717, 1.165) is 5.56 Å². The lowest BCUT2D eigenvalue weighted by atomic mass is 10.2. The van der Waals surface area contributed by atoms with Crippen molar-refractivity contribution in [3.05, 3.63) is 85.9 Å². The molecule has 0 spiro atoms. The summed E-state index contributed by atoms with van der Waals surface area (Å²) in [5, 5.41) is 0.997. The summed E-state index contributed by atoms with van der Waals surface area (Å²) in [5.74, 6) is 0. The van der Waals surface area contributed by atoms with E-state index in [4.69, 9.17) is 11.6 Å². The second kappa shape index (κ2) is 5.82. The normalized spacial score (nSPS) is 11.3. The number of hydrogen-bond acceptors (Lipinski definition) is 4. The third-order valence-electron chi connectivity index (χ3n) is 3.98. The van der Waals surface area contributed by atoms with Crippen molar-refractivity contribution >= 4 is 28.2 Å². The van der Waals surface area contributed by atoms with Crippen LogP contribution in [0.3, 0.4) is 0 Å². The fraction of sp³-hybridized carbons (Fsp3) is 0.111. The number of aromatic nitrogens is 4. The van der Waals surface area contributed by atoms with Gasteiger partial charge in [-0.2, -0.15) is 0 Å². The molecule has 4 rings (SSSR count). The zero-order valence-corrected chi connectivity index (χ0v) is 14.1. The Bertz CT molecular complexity index is 1240. The number of halogens is 1. The third-order valence-corrected chi connectivity index (χ3v) is 4.22. The van der Waals surface area contributed by atoms with Crippen LogP contribution in [0.4, 0.5) is 0 Å². The third kappa shape index (κ3) is 2.81. The van der Waals surface area contributed by atoms with Gasteiger partial charge in [0, 0.05) is 17.3 Å². The van der Waals surface area contributed by atoms with Crippen LogP contribution in [0.2, 0.25) is 5.02 Å². The molecule has 0 amide bonds. The fourth-order valence-electron chi connectivity index (χ4n) is 2.76. The molecule has 0 radical (unpaired) electrons. The van der Waals surface area contributed by atoms with Crippen molar-refractivity contribution in [1.29, 1.82) is 0 Å². The van der Waals surface area contributed by atoms with E-state index in [-0.39, 0.29) is 17.7 Å². The largest absolute Gasteiger partial charge is 0.293 e. The summed E-state index contributed by atoms with van der Waals surface area (Å²) in [6.45, 7) is 2.08. The molecule has 0 saturated heterocycles. The molecule has 0 fully saturated rings. The first-order chi connectivity index (χ1) is 12.0. The quantitative estimate of drug-likeness (QED) is 0.555. The summed E-state index contributed by atoms with van der Waals surface area (Å²) in [7, 11) is 0. The van der Waals surface area contributed by atoms with Crippen molar-refractivity contribution in [2.75, 3.05) is 0 Å². The Morgan fingerprint density at radius 2 is 1.96 bits per heavy atom. The molecule has 1 aromatic carbocycles. The van der Waals surface area contributed by atoms with Gasteiger partial charge in [0.1, 0.15) is 5.65 Å². The van der Waals surface area contributed by atoms with E-state index in [9.17, 15) is 9.59 Å². The van der Waals surface area contributed by atoms with Crippen LogP contribution in [0, 0.1) is 6.92 Å². The number of fused-ring (bicyclic) bond motifs is 2. The molecule has 0 atom stereocenters. The molecule has 0 aliphatic heterocycles. The second-order valence-corrected chi connectivity index (χ2v) is 6.30. The Labute approximate surface area is 147 Å². The summed E-state index contributed by atoms with van der Waals surface area (Å²) in [5.41, 5.74) is 2.17. The molecule has 0 aliphatic carbocycles. The lowest BCUT2D eigenvalue weighted by molar-refractivity contribution is 0.726. The number of rotatable bonds is 2. The molecule has 4 aromatic rings. The van der Waals surface area contributed by atoms with Crippen LogP contribution in [0.5, 0.6) is 0 Å². The predicted octanol–water partition coefficient (Wildman–Crippen LogP) is 2.41. The Morgan fingerprint density at radius 3 is 2.80 bits per heavy atom. The minimum absolute atomic E-state index is 0.171. The van der Waals surface area contributed by atoms with Gasteiger partial charge in [-0.1, -0.05) is 17.7 Å².